The summed E-state index contributed by atoms with van der Waals surface area (Å²) in [5.41, 5.74) is 10.3. The van der Waals surface area contributed by atoms with E-state index in [0.717, 1.165) is 25.9 Å². The van der Waals surface area contributed by atoms with E-state index in [0.29, 0.717) is 0 Å². The average Bonchev–Trinajstić information content (AvgIpc) is 1.61. The van der Waals surface area contributed by atoms with Crippen LogP contribution in [0.2, 0.25) is 0 Å². The zero-order chi connectivity index (χ0) is 4.83. The molecule has 0 saturated heterocycles. The van der Waals surface area contributed by atoms with Crippen molar-refractivity contribution < 1.29 is 0 Å². The number of nitrogens with two attached hydrogens (primary N) is 2. The van der Waals surface area contributed by atoms with Gasteiger partial charge in [0.25, 0.3) is 0 Å². The first-order valence-corrected chi connectivity index (χ1v) is 2.32. The van der Waals surface area contributed by atoms with Gasteiger partial charge in [-0.25, -0.2) is 0 Å². The SMILES string of the molecule is N.N.NCCCCN. The van der Waals surface area contributed by atoms with E-state index in [2.05, 4.69) is 0 Å². The van der Waals surface area contributed by atoms with Gasteiger partial charge in [0.2, 0.25) is 0 Å². The van der Waals surface area contributed by atoms with Crippen LogP contribution in [0.25, 0.3) is 0 Å². The lowest BCUT2D eigenvalue weighted by Crippen LogP contribution is -2.03. The molecule has 0 bridgehead atoms. The maximum atomic E-state index is 5.16. The fourth-order valence-electron chi connectivity index (χ4n) is 0.289. The van der Waals surface area contributed by atoms with Crippen LogP contribution in [0, 0.1) is 0 Å². The van der Waals surface area contributed by atoms with Crippen molar-refractivity contribution in [1.29, 1.82) is 0 Å². The van der Waals surface area contributed by atoms with Gasteiger partial charge >= 0.3 is 0 Å². The summed E-state index contributed by atoms with van der Waals surface area (Å²) in [6.45, 7) is 1.55. The highest BCUT2D eigenvalue weighted by Gasteiger charge is 1.75. The summed E-state index contributed by atoms with van der Waals surface area (Å²) in [5, 5.41) is 0. The van der Waals surface area contributed by atoms with E-state index in [1.54, 1.807) is 0 Å². The van der Waals surface area contributed by atoms with Crippen molar-refractivity contribution in [1.82, 2.24) is 12.3 Å². The monoisotopic (exact) mass is 122 g/mol. The average molecular weight is 122 g/mol. The van der Waals surface area contributed by atoms with E-state index in [1.165, 1.54) is 0 Å². The van der Waals surface area contributed by atoms with Gasteiger partial charge in [-0.05, 0) is 25.9 Å². The van der Waals surface area contributed by atoms with Gasteiger partial charge in [-0.3, -0.25) is 0 Å². The molecule has 0 unspecified atom stereocenters. The van der Waals surface area contributed by atoms with Crippen LogP contribution in [0.3, 0.4) is 0 Å². The zero-order valence-electron chi connectivity index (χ0n) is 5.40. The third-order valence-corrected chi connectivity index (χ3v) is 0.658. The van der Waals surface area contributed by atoms with Crippen molar-refractivity contribution >= 4 is 0 Å². The molecule has 0 aliphatic rings. The van der Waals surface area contributed by atoms with Crippen molar-refractivity contribution in [3.8, 4) is 0 Å². The third-order valence-electron chi connectivity index (χ3n) is 0.658. The Kier molecular flexibility index (Phi) is 31.0. The molecule has 0 atom stereocenters. The van der Waals surface area contributed by atoms with E-state index in [9.17, 15) is 0 Å². The van der Waals surface area contributed by atoms with Gasteiger partial charge in [0, 0.05) is 0 Å². The lowest BCUT2D eigenvalue weighted by atomic mass is 10.3. The van der Waals surface area contributed by atoms with Crippen LogP contribution in [-0.4, -0.2) is 13.1 Å². The molecule has 0 aromatic carbocycles. The Morgan fingerprint density at radius 1 is 0.750 bits per heavy atom. The topological polar surface area (TPSA) is 122 Å². The quantitative estimate of drug-likeness (QED) is 0.394. The molecule has 0 aromatic rings. The second-order valence-corrected chi connectivity index (χ2v) is 1.28. The molecule has 0 rings (SSSR count). The third kappa shape index (κ3) is 17.0. The Balaban J connectivity index is -0.000000125. The van der Waals surface area contributed by atoms with E-state index in [4.69, 9.17) is 11.5 Å². The van der Waals surface area contributed by atoms with Crippen LogP contribution in [0.15, 0.2) is 0 Å². The summed E-state index contributed by atoms with van der Waals surface area (Å²) in [7, 11) is 0. The fourth-order valence-corrected chi connectivity index (χ4v) is 0.289. The summed E-state index contributed by atoms with van der Waals surface area (Å²) in [6, 6.07) is 0. The fraction of sp³-hybridized carbons (Fsp3) is 1.00. The number of rotatable bonds is 3. The van der Waals surface area contributed by atoms with Crippen LogP contribution in [0.4, 0.5) is 0 Å². The summed E-state index contributed by atoms with van der Waals surface area (Å²) in [5.74, 6) is 0. The molecule has 54 valence electrons. The minimum atomic E-state index is 0. The molecule has 0 heterocycles. The molecular formula is C4H18N4. The predicted molar refractivity (Wildman–Crippen MR) is 37.4 cm³/mol. The number of hydrogen-bond acceptors (Lipinski definition) is 4. The maximum Gasteiger partial charge on any atom is -0.00768 e. The number of unbranched alkanes of at least 4 members (excludes halogenated alkanes) is 1. The highest BCUT2D eigenvalue weighted by molar-refractivity contribution is 4.38. The molecule has 0 saturated carbocycles. The molecule has 8 heavy (non-hydrogen) atoms. The van der Waals surface area contributed by atoms with Gasteiger partial charge < -0.3 is 23.8 Å². The van der Waals surface area contributed by atoms with Crippen LogP contribution in [0.5, 0.6) is 0 Å². The van der Waals surface area contributed by atoms with Gasteiger partial charge in [0.1, 0.15) is 0 Å². The zero-order valence-corrected chi connectivity index (χ0v) is 5.40. The Morgan fingerprint density at radius 3 is 1.12 bits per heavy atom. The molecule has 0 aliphatic carbocycles. The summed E-state index contributed by atoms with van der Waals surface area (Å²) < 4.78 is 0. The van der Waals surface area contributed by atoms with Gasteiger partial charge in [-0.1, -0.05) is 0 Å². The first-order valence-electron chi connectivity index (χ1n) is 2.32. The second kappa shape index (κ2) is 15.8. The summed E-state index contributed by atoms with van der Waals surface area (Å²) in [6.07, 6.45) is 2.13. The van der Waals surface area contributed by atoms with Gasteiger partial charge in [0.05, 0.1) is 0 Å². The van der Waals surface area contributed by atoms with Crippen molar-refractivity contribution in [2.75, 3.05) is 13.1 Å². The normalized spacial score (nSPS) is 6.75. The van der Waals surface area contributed by atoms with Crippen molar-refractivity contribution in [3.05, 3.63) is 0 Å². The summed E-state index contributed by atoms with van der Waals surface area (Å²) >= 11 is 0. The highest BCUT2D eigenvalue weighted by Crippen LogP contribution is 1.77. The van der Waals surface area contributed by atoms with E-state index >= 15 is 0 Å². The first-order chi connectivity index (χ1) is 2.91. The molecule has 0 aliphatic heterocycles. The van der Waals surface area contributed by atoms with Crippen LogP contribution in [0.1, 0.15) is 12.8 Å². The Labute approximate surface area is 50.8 Å². The maximum absolute atomic E-state index is 5.16. The molecule has 4 nitrogen and oxygen atoms in total. The first kappa shape index (κ1) is 15.7. The highest BCUT2D eigenvalue weighted by atomic mass is 14.5. The van der Waals surface area contributed by atoms with Crippen LogP contribution >= 0.6 is 0 Å². The Hall–Kier alpha value is -0.160. The minimum Gasteiger partial charge on any atom is -0.344 e. The molecule has 4 heteroatoms. The van der Waals surface area contributed by atoms with Crippen molar-refractivity contribution in [2.45, 2.75) is 12.8 Å². The van der Waals surface area contributed by atoms with E-state index < -0.39 is 0 Å². The van der Waals surface area contributed by atoms with Crippen molar-refractivity contribution in [3.63, 3.8) is 0 Å². The van der Waals surface area contributed by atoms with Crippen molar-refractivity contribution in [2.24, 2.45) is 11.5 Å². The second-order valence-electron chi connectivity index (χ2n) is 1.28. The van der Waals surface area contributed by atoms with Crippen LogP contribution < -0.4 is 23.8 Å². The lowest BCUT2D eigenvalue weighted by molar-refractivity contribution is 0.755. The Morgan fingerprint density at radius 2 is 1.00 bits per heavy atom. The standard InChI is InChI=1S/C4H12N2.2H3N/c5-3-1-2-4-6;;/h1-6H2;2*1H3. The predicted octanol–water partition coefficient (Wildman–Crippen LogP) is 0.00800. The summed E-state index contributed by atoms with van der Waals surface area (Å²) in [4.78, 5) is 0. The smallest absolute Gasteiger partial charge is 0.00768 e. The molecule has 0 radical (unpaired) electrons. The molecule has 0 fully saturated rings. The van der Waals surface area contributed by atoms with E-state index in [1.807, 2.05) is 0 Å². The van der Waals surface area contributed by atoms with Gasteiger partial charge in [-0.2, -0.15) is 0 Å². The van der Waals surface area contributed by atoms with Gasteiger partial charge in [0.15, 0.2) is 0 Å². The lowest BCUT2D eigenvalue weighted by Gasteiger charge is -1.87. The molecule has 0 amide bonds. The largest absolute Gasteiger partial charge is 0.344 e. The number of hydrogen-bond donors (Lipinski definition) is 4. The van der Waals surface area contributed by atoms with Gasteiger partial charge in [-0.15, -0.1) is 0 Å². The minimum absolute atomic E-state index is 0. The molecular weight excluding hydrogens is 104 g/mol. The van der Waals surface area contributed by atoms with Crippen LogP contribution in [-0.2, 0) is 0 Å². The molecule has 0 spiro atoms. The Bertz CT molecular complexity index is 20.0. The molecule has 0 aromatic heterocycles. The van der Waals surface area contributed by atoms with E-state index in [-0.39, 0.29) is 12.3 Å². The molecule has 10 N–H and O–H groups in total.